The quantitative estimate of drug-likeness (QED) is 0.457. The maximum Gasteiger partial charge on any atom is 0.338 e. The zero-order chi connectivity index (χ0) is 27.3. The molecule has 3 aromatic rings. The molecule has 1 aromatic heterocycles. The number of anilines is 1. The van der Waals surface area contributed by atoms with Crippen LogP contribution in [0.1, 0.15) is 32.4 Å². The van der Waals surface area contributed by atoms with E-state index in [0.29, 0.717) is 43.5 Å². The largest absolute Gasteiger partial charge is 0.463 e. The van der Waals surface area contributed by atoms with Gasteiger partial charge in [0.05, 0.1) is 39.9 Å². The molecule has 2 aromatic carbocycles. The molecule has 11 heteroatoms. The van der Waals surface area contributed by atoms with Gasteiger partial charge in [0.2, 0.25) is 6.79 Å². The number of esters is 1. The van der Waals surface area contributed by atoms with E-state index in [1.807, 2.05) is 18.2 Å². The summed E-state index contributed by atoms with van der Waals surface area (Å²) >= 11 is 1.16. The number of benzene rings is 2. The number of fused-ring (bicyclic) bond motifs is 2. The van der Waals surface area contributed by atoms with Crippen LogP contribution in [0.2, 0.25) is 0 Å². The van der Waals surface area contributed by atoms with Crippen molar-refractivity contribution >= 4 is 40.7 Å². The fourth-order valence-corrected chi connectivity index (χ4v) is 5.94. The van der Waals surface area contributed by atoms with Crippen LogP contribution in [0.3, 0.4) is 0 Å². The topological polar surface area (TPSA) is 112 Å². The Bertz CT molecular complexity index is 1750. The van der Waals surface area contributed by atoms with Crippen LogP contribution < -0.4 is 29.4 Å². The van der Waals surface area contributed by atoms with Crippen LogP contribution in [0.4, 0.5) is 5.69 Å². The zero-order valence-electron chi connectivity index (χ0n) is 21.4. The van der Waals surface area contributed by atoms with E-state index in [0.717, 1.165) is 11.3 Å². The van der Waals surface area contributed by atoms with E-state index < -0.39 is 17.9 Å². The van der Waals surface area contributed by atoms with Crippen LogP contribution in [0.25, 0.3) is 6.08 Å². The lowest BCUT2D eigenvalue weighted by molar-refractivity contribution is -0.139. The third kappa shape index (κ3) is 4.15. The van der Waals surface area contributed by atoms with Gasteiger partial charge >= 0.3 is 5.97 Å². The number of carbonyl (C=O) groups excluding carboxylic acids is 2. The first-order valence-electron chi connectivity index (χ1n) is 12.4. The Morgan fingerprint density at radius 1 is 1.13 bits per heavy atom. The third-order valence-electron chi connectivity index (χ3n) is 6.73. The number of amides is 1. The lowest BCUT2D eigenvalue weighted by Gasteiger charge is -2.24. The van der Waals surface area contributed by atoms with E-state index in [9.17, 15) is 14.4 Å². The highest BCUT2D eigenvalue weighted by Gasteiger charge is 2.36. The molecule has 4 heterocycles. The van der Waals surface area contributed by atoms with Gasteiger partial charge in [-0.25, -0.2) is 9.79 Å². The predicted octanol–water partition coefficient (Wildman–Crippen LogP) is 2.52. The number of hydrogen-bond donors (Lipinski definition) is 0. The second-order valence-corrected chi connectivity index (χ2v) is 10.2. The van der Waals surface area contributed by atoms with Crippen molar-refractivity contribution in [3.05, 3.63) is 85.1 Å². The van der Waals surface area contributed by atoms with Crippen LogP contribution in [-0.4, -0.2) is 35.6 Å². The van der Waals surface area contributed by atoms with Gasteiger partial charge in [-0.15, -0.1) is 0 Å². The van der Waals surface area contributed by atoms with Gasteiger partial charge in [0, 0.05) is 0 Å². The van der Waals surface area contributed by atoms with Gasteiger partial charge in [-0.1, -0.05) is 35.6 Å². The van der Waals surface area contributed by atoms with Crippen LogP contribution in [0, 0.1) is 5.92 Å². The highest BCUT2D eigenvalue weighted by Crippen LogP contribution is 2.38. The highest BCUT2D eigenvalue weighted by molar-refractivity contribution is 7.07. The molecule has 0 bridgehead atoms. The summed E-state index contributed by atoms with van der Waals surface area (Å²) in [5.74, 6) is -0.400. The second-order valence-electron chi connectivity index (χ2n) is 9.14. The fourth-order valence-electron chi connectivity index (χ4n) is 4.88. The summed E-state index contributed by atoms with van der Waals surface area (Å²) in [4.78, 5) is 45.3. The molecule has 198 valence electrons. The molecule has 0 saturated heterocycles. The van der Waals surface area contributed by atoms with Crippen LogP contribution in [0.5, 0.6) is 11.5 Å². The van der Waals surface area contributed by atoms with Gasteiger partial charge in [-0.05, 0) is 56.7 Å². The second kappa shape index (κ2) is 9.66. The Morgan fingerprint density at radius 2 is 1.90 bits per heavy atom. The van der Waals surface area contributed by atoms with Crippen molar-refractivity contribution in [2.45, 2.75) is 26.8 Å². The summed E-state index contributed by atoms with van der Waals surface area (Å²) < 4.78 is 18.2. The fraction of sp³-hybridized carbons (Fsp3) is 0.250. The summed E-state index contributed by atoms with van der Waals surface area (Å²) in [6.07, 6.45) is 1.63. The molecule has 6 rings (SSSR count). The van der Waals surface area contributed by atoms with Gasteiger partial charge in [-0.2, -0.15) is 10.1 Å². The first-order valence-corrected chi connectivity index (χ1v) is 13.2. The lowest BCUT2D eigenvalue weighted by Crippen LogP contribution is -2.40. The van der Waals surface area contributed by atoms with E-state index in [1.54, 1.807) is 57.2 Å². The van der Waals surface area contributed by atoms with Crippen molar-refractivity contribution in [2.75, 3.05) is 18.4 Å². The first-order chi connectivity index (χ1) is 18.9. The molecule has 39 heavy (non-hydrogen) atoms. The molecule has 3 aliphatic rings. The minimum absolute atomic E-state index is 0.0947. The van der Waals surface area contributed by atoms with Gasteiger partial charge in [-0.3, -0.25) is 14.2 Å². The average molecular weight is 545 g/mol. The van der Waals surface area contributed by atoms with Crippen molar-refractivity contribution in [1.29, 1.82) is 0 Å². The number of hydrogen-bond acceptors (Lipinski definition) is 9. The maximum absolute atomic E-state index is 13.9. The standard InChI is InChI=1S/C28H24N4O6S/c1-4-36-27(35)23-16(3)29-28-31(24(23)17-10-11-20-21(12-17)38-14-37-20)26(34)22(39-28)13-19-15(2)30-32(25(19)33)18-8-6-5-7-9-18/h5-13,19,24H,4,14H2,1-3H3/b22-13+/t19-,24+/m1/s1. The van der Waals surface area contributed by atoms with E-state index >= 15 is 0 Å². The first kappa shape index (κ1) is 24.8. The molecule has 0 aliphatic carbocycles. The number of thiazole rings is 1. The Labute approximate surface area is 226 Å². The van der Waals surface area contributed by atoms with E-state index in [4.69, 9.17) is 14.2 Å². The Hall–Kier alpha value is -4.51. The maximum atomic E-state index is 13.9. The lowest BCUT2D eigenvalue weighted by atomic mass is 9.95. The molecule has 10 nitrogen and oxygen atoms in total. The summed E-state index contributed by atoms with van der Waals surface area (Å²) in [6, 6.07) is 13.6. The normalized spacial score (nSPS) is 20.2. The Morgan fingerprint density at radius 3 is 2.67 bits per heavy atom. The minimum Gasteiger partial charge on any atom is -0.463 e. The monoisotopic (exact) mass is 544 g/mol. The van der Waals surface area contributed by atoms with Crippen LogP contribution in [-0.2, 0) is 14.3 Å². The zero-order valence-corrected chi connectivity index (χ0v) is 22.2. The molecule has 0 radical (unpaired) electrons. The molecule has 3 aliphatic heterocycles. The van der Waals surface area contributed by atoms with E-state index in [-0.39, 0.29) is 30.4 Å². The average Bonchev–Trinajstić information content (AvgIpc) is 3.60. The summed E-state index contributed by atoms with van der Waals surface area (Å²) in [7, 11) is 0. The van der Waals surface area contributed by atoms with Gasteiger partial charge in [0.25, 0.3) is 11.5 Å². The third-order valence-corrected chi connectivity index (χ3v) is 7.73. The van der Waals surface area contributed by atoms with Gasteiger partial charge in [0.1, 0.15) is 5.92 Å². The smallest absolute Gasteiger partial charge is 0.338 e. The number of nitrogens with zero attached hydrogens (tertiary/aromatic N) is 4. The number of ether oxygens (including phenoxy) is 3. The molecule has 1 amide bonds. The molecular formula is C28H24N4O6S. The molecule has 0 fully saturated rings. The molecular weight excluding hydrogens is 520 g/mol. The van der Waals surface area contributed by atoms with Crippen molar-refractivity contribution < 1.29 is 23.8 Å². The van der Waals surface area contributed by atoms with Crippen LogP contribution in [0.15, 0.2) is 74.7 Å². The molecule has 0 unspecified atom stereocenters. The number of carbonyl (C=O) groups is 2. The van der Waals surface area contributed by atoms with E-state index in [2.05, 4.69) is 10.1 Å². The van der Waals surface area contributed by atoms with Gasteiger partial charge < -0.3 is 14.2 Å². The molecule has 0 saturated carbocycles. The van der Waals surface area contributed by atoms with Crippen molar-refractivity contribution in [3.63, 3.8) is 0 Å². The Balaban J connectivity index is 1.47. The molecule has 2 atom stereocenters. The molecule has 0 N–H and O–H groups in total. The highest BCUT2D eigenvalue weighted by atomic mass is 32.1. The van der Waals surface area contributed by atoms with Crippen molar-refractivity contribution in [2.24, 2.45) is 16.0 Å². The number of para-hydroxylation sites is 1. The number of aromatic nitrogens is 1. The molecule has 0 spiro atoms. The van der Waals surface area contributed by atoms with Crippen molar-refractivity contribution in [3.8, 4) is 11.5 Å². The van der Waals surface area contributed by atoms with Crippen LogP contribution >= 0.6 is 11.3 Å². The SMILES string of the molecule is CCOC(=O)C1=C(C)N=c2s/c(=C/[C@H]3C(=O)N(c4ccccc4)N=C3C)c(=O)n2[C@H]1c1ccc2c(c1)OCO2. The number of rotatable bonds is 5. The van der Waals surface area contributed by atoms with Crippen molar-refractivity contribution in [1.82, 2.24) is 4.57 Å². The number of allylic oxidation sites excluding steroid dienone is 1. The minimum atomic E-state index is -0.799. The Kier molecular flexibility index (Phi) is 6.15. The predicted molar refractivity (Wildman–Crippen MR) is 144 cm³/mol. The summed E-state index contributed by atoms with van der Waals surface area (Å²) in [5.41, 5.74) is 2.22. The van der Waals surface area contributed by atoms with E-state index in [1.165, 1.54) is 9.58 Å². The number of hydrazone groups is 1. The summed E-state index contributed by atoms with van der Waals surface area (Å²) in [5, 5.41) is 5.79. The summed E-state index contributed by atoms with van der Waals surface area (Å²) in [6.45, 7) is 5.47. The van der Waals surface area contributed by atoms with Gasteiger partial charge in [0.15, 0.2) is 16.3 Å².